The van der Waals surface area contributed by atoms with Gasteiger partial charge in [0, 0.05) is 69.5 Å². The van der Waals surface area contributed by atoms with Gasteiger partial charge in [0.05, 0.1) is 23.0 Å². The maximum atomic E-state index is 13.0. The van der Waals surface area contributed by atoms with E-state index in [9.17, 15) is 38.4 Å². The molecule has 6 fully saturated rings. The van der Waals surface area contributed by atoms with Gasteiger partial charge in [-0.3, -0.25) is 19.2 Å². The van der Waals surface area contributed by atoms with Gasteiger partial charge in [0.2, 0.25) is 0 Å². The number of ether oxygens (including phenoxy) is 8. The van der Waals surface area contributed by atoms with Crippen LogP contribution in [0, 0.1) is 23.7 Å². The van der Waals surface area contributed by atoms with E-state index in [0.29, 0.717) is 119 Å². The zero-order chi connectivity index (χ0) is 101. The van der Waals surface area contributed by atoms with Crippen molar-refractivity contribution in [2.75, 3.05) is 0 Å². The first kappa shape index (κ1) is 106. The van der Waals surface area contributed by atoms with Crippen molar-refractivity contribution in [3.05, 3.63) is 318 Å². The van der Waals surface area contributed by atoms with Crippen LogP contribution in [0.3, 0.4) is 0 Å². The third-order valence-corrected chi connectivity index (χ3v) is 31.9. The quantitative estimate of drug-likeness (QED) is 0.0233. The van der Waals surface area contributed by atoms with Crippen molar-refractivity contribution in [1.82, 2.24) is 0 Å². The van der Waals surface area contributed by atoms with Crippen molar-refractivity contribution >= 4 is 59.9 Å². The Morgan fingerprint density at radius 1 is 0.243 bits per heavy atom. The standard InChI is InChI=1S/C33H36O4.C33H32O4.C29H40O4.C29H28O4.2C2H6/c2*1-3-22-5-9-24(10-6-22)13-19-30(34)36-28-17-18-29(33-27-16-15-26(21-27)32(28)33)37-31(35)20-14-25-11-7-23(4-2)8-12-25;2*1-3-18-5-9-20(10-6-18)28(30)32-24-15-16-25(27-23-14-13-22(17-23)26(24)27)33-29(31)21-11-7-19(4-2)8-12-21;2*1-2/h5-12,17-18,26-27H,3-4,13-16,19-21H2,1-2H3;5-14,17-20,26-27H,3-4,15-16,21H2,1-2H3;15-16,18-23H,3-14,17H2,1-2H3;5-12,15-16,22-23H,3-4,13-14,17H2,1-2H3;2*1-2H3/b;19-13+,20-14+;;;;. The molecule has 16 heteroatoms. The molecule has 6 saturated carbocycles. The first-order valence-electron chi connectivity index (χ1n) is 54.5. The van der Waals surface area contributed by atoms with Crippen LogP contribution in [0.25, 0.3) is 12.2 Å². The van der Waals surface area contributed by atoms with Crippen LogP contribution < -0.4 is 37.9 Å². The molecule has 0 radical (unpaired) electrons. The van der Waals surface area contributed by atoms with E-state index in [0.717, 1.165) is 257 Å². The monoisotopic (exact) mass is 1940 g/mol. The van der Waals surface area contributed by atoms with E-state index in [-0.39, 0.29) is 47.7 Å². The molecule has 8 bridgehead atoms. The Bertz CT molecular complexity index is 5790. The predicted octanol–water partition coefficient (Wildman–Crippen LogP) is 30.6. The third kappa shape index (κ3) is 25.8. The van der Waals surface area contributed by atoms with Gasteiger partial charge in [-0.2, -0.15) is 0 Å². The molecule has 20 rings (SSSR count). The maximum absolute atomic E-state index is 13.0. The van der Waals surface area contributed by atoms with Gasteiger partial charge in [-0.05, 0) is 380 Å². The summed E-state index contributed by atoms with van der Waals surface area (Å²) in [5.41, 5.74) is 21.3. The van der Waals surface area contributed by atoms with Gasteiger partial charge >= 0.3 is 47.8 Å². The van der Waals surface area contributed by atoms with Gasteiger partial charge in [0.25, 0.3) is 0 Å². The highest BCUT2D eigenvalue weighted by Crippen LogP contribution is 2.63. The van der Waals surface area contributed by atoms with E-state index in [2.05, 4.69) is 128 Å². The van der Waals surface area contributed by atoms with E-state index in [1.54, 1.807) is 36.4 Å². The molecule has 756 valence electrons. The molecule has 0 amide bonds. The summed E-state index contributed by atoms with van der Waals surface area (Å²) in [6.07, 6.45) is 37.9. The zero-order valence-corrected chi connectivity index (χ0v) is 86.9. The Morgan fingerprint density at radius 3 is 0.701 bits per heavy atom. The fourth-order valence-electron chi connectivity index (χ4n) is 23.6. The summed E-state index contributed by atoms with van der Waals surface area (Å²) in [5, 5.41) is 0. The van der Waals surface area contributed by atoms with Gasteiger partial charge in [0.15, 0.2) is 0 Å². The minimum Gasteiger partial charge on any atom is -0.426 e. The number of carbonyl (C=O) groups is 8. The molecule has 16 nitrogen and oxygen atoms in total. The van der Waals surface area contributed by atoms with E-state index in [4.69, 9.17) is 37.9 Å². The lowest BCUT2D eigenvalue weighted by Gasteiger charge is -2.28. The fraction of sp³-hybridized carbons (Fsp3) is 0.438. The number of rotatable bonds is 30. The molecule has 8 atom stereocenters. The van der Waals surface area contributed by atoms with Crippen molar-refractivity contribution in [2.45, 2.75) is 336 Å². The minimum atomic E-state index is -0.411. The number of fused-ring (bicyclic) bond motifs is 20. The van der Waals surface area contributed by atoms with Gasteiger partial charge in [-0.1, -0.05) is 217 Å². The molecule has 10 aromatic rings. The van der Waals surface area contributed by atoms with Crippen LogP contribution in [-0.4, -0.2) is 47.8 Å². The number of carbonyl (C=O) groups excluding carboxylic acids is 8. The fourth-order valence-corrected chi connectivity index (χ4v) is 23.6. The van der Waals surface area contributed by atoms with Crippen molar-refractivity contribution in [1.29, 1.82) is 0 Å². The summed E-state index contributed by atoms with van der Waals surface area (Å²) in [6, 6.07) is 62.6. The molecule has 10 aliphatic carbocycles. The number of esters is 8. The van der Waals surface area contributed by atoms with Crippen LogP contribution in [0.2, 0.25) is 0 Å². The lowest BCUT2D eigenvalue weighted by molar-refractivity contribution is -0.141. The van der Waals surface area contributed by atoms with Crippen LogP contribution >= 0.6 is 0 Å². The SMILES string of the molecule is CC.CC.CCC1CCC(C(=O)Oc2ccc(OC(=O)C3CCC(CC)CC3)c3c2C2CCC3C2)CC1.CCc1ccc(/C=C/C(=O)Oc2ccc(OC(=O)/C=C/c3ccc(CC)cc3)c3c2C2CCC3C2)cc1.CCc1ccc(C(=O)Oc2ccc(OC(=O)c3ccc(CC)cc3)c3c2C2CCC3C2)cc1.CCc1ccc(CCC(=O)Oc2ccc(OC(=O)CCc3ccc(CC)cc3)c3c2C2CCC3C2)cc1. The zero-order valence-electron chi connectivity index (χ0n) is 86.9. The lowest BCUT2D eigenvalue weighted by Crippen LogP contribution is -2.27. The molecule has 0 heterocycles. The Balaban J connectivity index is 0.000000143. The highest BCUT2D eigenvalue weighted by Gasteiger charge is 2.47. The van der Waals surface area contributed by atoms with Crippen LogP contribution in [0.15, 0.2) is 206 Å². The molecule has 10 aromatic carbocycles. The second kappa shape index (κ2) is 50.8. The number of hydrogen-bond donors (Lipinski definition) is 0. The molecule has 8 unspecified atom stereocenters. The summed E-state index contributed by atoms with van der Waals surface area (Å²) >= 11 is 0. The van der Waals surface area contributed by atoms with E-state index >= 15 is 0 Å². The molecular weight excluding hydrogens is 1790 g/mol. The molecular formula is C128H148O16. The van der Waals surface area contributed by atoms with E-state index < -0.39 is 11.9 Å². The van der Waals surface area contributed by atoms with Crippen LogP contribution in [0.1, 0.15) is 405 Å². The number of hydrogen-bond acceptors (Lipinski definition) is 16. The smallest absolute Gasteiger partial charge is 0.343 e. The molecule has 0 N–H and O–H groups in total. The molecule has 0 spiro atoms. The van der Waals surface area contributed by atoms with Crippen molar-refractivity contribution in [2.24, 2.45) is 23.7 Å². The third-order valence-electron chi connectivity index (χ3n) is 31.9. The second-order valence-corrected chi connectivity index (χ2v) is 40.3. The summed E-state index contributed by atoms with van der Waals surface area (Å²) < 4.78 is 47.1. The van der Waals surface area contributed by atoms with Gasteiger partial charge < -0.3 is 37.9 Å². The number of aryl methyl sites for hydroxylation is 8. The molecule has 10 aliphatic rings. The van der Waals surface area contributed by atoms with Gasteiger partial charge in [-0.25, -0.2) is 19.2 Å². The van der Waals surface area contributed by atoms with Crippen LogP contribution in [0.5, 0.6) is 46.0 Å². The largest absolute Gasteiger partial charge is 0.426 e. The normalized spacial score (nSPS) is 20.9. The van der Waals surface area contributed by atoms with Crippen LogP contribution in [-0.2, 0) is 80.1 Å². The maximum Gasteiger partial charge on any atom is 0.343 e. The summed E-state index contributed by atoms with van der Waals surface area (Å²) in [7, 11) is 0. The van der Waals surface area contributed by atoms with Crippen molar-refractivity contribution in [3.63, 3.8) is 0 Å². The average Bonchev–Trinajstić information content (AvgIpc) is 1.83. The number of benzene rings is 10. The minimum absolute atomic E-state index is 0.0257. The second-order valence-electron chi connectivity index (χ2n) is 40.3. The highest BCUT2D eigenvalue weighted by atomic mass is 16.6. The highest BCUT2D eigenvalue weighted by molar-refractivity contribution is 5.94. The first-order valence-corrected chi connectivity index (χ1v) is 54.5. The summed E-state index contributed by atoms with van der Waals surface area (Å²) in [6.45, 7) is 25.1. The van der Waals surface area contributed by atoms with Gasteiger partial charge in [0.1, 0.15) is 46.0 Å². The van der Waals surface area contributed by atoms with E-state index in [1.807, 2.05) is 125 Å². The first-order chi connectivity index (χ1) is 70.2. The average molecular weight is 1940 g/mol. The van der Waals surface area contributed by atoms with E-state index in [1.165, 1.54) is 58.4 Å². The Labute approximate surface area is 854 Å². The topological polar surface area (TPSA) is 210 Å². The lowest BCUT2D eigenvalue weighted by atomic mass is 9.81. The van der Waals surface area contributed by atoms with Crippen LogP contribution in [0.4, 0.5) is 0 Å². The summed E-state index contributed by atoms with van der Waals surface area (Å²) in [5.74, 6) is 7.52. The Kier molecular flexibility index (Phi) is 37.3. The Hall–Kier alpha value is -12.6. The Morgan fingerprint density at radius 2 is 0.458 bits per heavy atom. The molecule has 144 heavy (non-hydrogen) atoms. The van der Waals surface area contributed by atoms with Gasteiger partial charge in [-0.15, -0.1) is 0 Å². The van der Waals surface area contributed by atoms with Crippen molar-refractivity contribution < 1.29 is 76.3 Å². The molecule has 0 saturated heterocycles. The van der Waals surface area contributed by atoms with Crippen molar-refractivity contribution in [3.8, 4) is 46.0 Å². The molecule has 0 aromatic heterocycles. The summed E-state index contributed by atoms with van der Waals surface area (Å²) in [4.78, 5) is 102. The predicted molar refractivity (Wildman–Crippen MR) is 571 cm³/mol. The molecule has 0 aliphatic heterocycles.